The Labute approximate surface area is 109 Å². The lowest BCUT2D eigenvalue weighted by Crippen LogP contribution is -2.43. The van der Waals surface area contributed by atoms with Gasteiger partial charge < -0.3 is 9.84 Å². The van der Waals surface area contributed by atoms with Crippen molar-refractivity contribution in [3.05, 3.63) is 11.7 Å². The second-order valence-corrected chi connectivity index (χ2v) is 5.85. The summed E-state index contributed by atoms with van der Waals surface area (Å²) in [6.07, 6.45) is 8.54. The molecule has 4 heteroatoms. The van der Waals surface area contributed by atoms with E-state index in [-0.39, 0.29) is 5.41 Å². The summed E-state index contributed by atoms with van der Waals surface area (Å²) in [7, 11) is 0. The molecule has 2 heterocycles. The van der Waals surface area contributed by atoms with Crippen molar-refractivity contribution in [3.63, 3.8) is 0 Å². The largest absolute Gasteiger partial charge is 0.339 e. The van der Waals surface area contributed by atoms with E-state index in [0.29, 0.717) is 5.92 Å². The van der Waals surface area contributed by atoms with Crippen LogP contribution in [0.3, 0.4) is 0 Å². The van der Waals surface area contributed by atoms with E-state index in [2.05, 4.69) is 17.4 Å². The Kier molecular flexibility index (Phi) is 3.37. The number of hydrogen-bond donors (Lipinski definition) is 1. The van der Waals surface area contributed by atoms with E-state index in [1.165, 1.54) is 38.5 Å². The molecule has 1 aliphatic carbocycles. The summed E-state index contributed by atoms with van der Waals surface area (Å²) in [5.74, 6) is 2.38. The van der Waals surface area contributed by atoms with Crippen LogP contribution in [-0.4, -0.2) is 23.2 Å². The molecule has 1 aromatic rings. The molecule has 3 rings (SSSR count). The normalized spacial score (nSPS) is 29.8. The first kappa shape index (κ1) is 12.2. The molecule has 1 N–H and O–H groups in total. The monoisotopic (exact) mass is 249 g/mol. The van der Waals surface area contributed by atoms with Crippen molar-refractivity contribution in [2.75, 3.05) is 13.1 Å². The van der Waals surface area contributed by atoms with Gasteiger partial charge in [0, 0.05) is 12.5 Å². The fourth-order valence-corrected chi connectivity index (χ4v) is 3.40. The number of nitrogens with one attached hydrogen (secondary N) is 1. The van der Waals surface area contributed by atoms with E-state index in [4.69, 9.17) is 9.51 Å². The van der Waals surface area contributed by atoms with E-state index in [1.54, 1.807) is 0 Å². The SMILES string of the molecule is CCC1(c2nc(C3CCCC3)no2)CCCNC1. The Balaban J connectivity index is 1.82. The molecule has 2 fully saturated rings. The highest BCUT2D eigenvalue weighted by atomic mass is 16.5. The first-order chi connectivity index (χ1) is 8.84. The van der Waals surface area contributed by atoms with Crippen molar-refractivity contribution >= 4 is 0 Å². The van der Waals surface area contributed by atoms with Gasteiger partial charge in [0.2, 0.25) is 5.89 Å². The topological polar surface area (TPSA) is 51.0 Å². The highest BCUT2D eigenvalue weighted by molar-refractivity contribution is 5.10. The lowest BCUT2D eigenvalue weighted by Gasteiger charge is -2.33. The van der Waals surface area contributed by atoms with Gasteiger partial charge >= 0.3 is 0 Å². The van der Waals surface area contributed by atoms with Gasteiger partial charge in [-0.3, -0.25) is 0 Å². The van der Waals surface area contributed by atoms with Gasteiger partial charge in [0.05, 0.1) is 5.41 Å². The van der Waals surface area contributed by atoms with Gasteiger partial charge in [-0.25, -0.2) is 0 Å². The van der Waals surface area contributed by atoms with Gasteiger partial charge in [0.1, 0.15) is 0 Å². The van der Waals surface area contributed by atoms with Gasteiger partial charge in [-0.15, -0.1) is 0 Å². The maximum Gasteiger partial charge on any atom is 0.234 e. The standard InChI is InChI=1S/C14H23N3O/c1-2-14(8-5-9-15-10-14)13-16-12(17-18-13)11-6-3-4-7-11/h11,15H,2-10H2,1H3. The number of hydrogen-bond acceptors (Lipinski definition) is 4. The third-order valence-corrected chi connectivity index (χ3v) is 4.76. The maximum absolute atomic E-state index is 5.61. The lowest BCUT2D eigenvalue weighted by atomic mass is 9.78. The van der Waals surface area contributed by atoms with E-state index < -0.39 is 0 Å². The molecular formula is C14H23N3O. The van der Waals surface area contributed by atoms with E-state index in [1.807, 2.05) is 0 Å². The fraction of sp³-hybridized carbons (Fsp3) is 0.857. The molecule has 100 valence electrons. The van der Waals surface area contributed by atoms with Crippen LogP contribution >= 0.6 is 0 Å². The van der Waals surface area contributed by atoms with Crippen LogP contribution in [-0.2, 0) is 5.41 Å². The molecule has 1 aliphatic heterocycles. The summed E-state index contributed by atoms with van der Waals surface area (Å²) in [4.78, 5) is 4.74. The van der Waals surface area contributed by atoms with Gasteiger partial charge in [-0.05, 0) is 38.6 Å². The zero-order valence-electron chi connectivity index (χ0n) is 11.2. The minimum absolute atomic E-state index is 0.0854. The van der Waals surface area contributed by atoms with Gasteiger partial charge in [0.15, 0.2) is 5.82 Å². The van der Waals surface area contributed by atoms with Crippen molar-refractivity contribution in [3.8, 4) is 0 Å². The van der Waals surface area contributed by atoms with Gasteiger partial charge in [0.25, 0.3) is 0 Å². The average molecular weight is 249 g/mol. The predicted octanol–water partition coefficient (Wildman–Crippen LogP) is 2.76. The maximum atomic E-state index is 5.61. The molecule has 0 spiro atoms. The summed E-state index contributed by atoms with van der Waals surface area (Å²) in [6.45, 7) is 4.33. The number of rotatable bonds is 3. The van der Waals surface area contributed by atoms with Crippen LogP contribution in [0.2, 0.25) is 0 Å². The number of aromatic nitrogens is 2. The van der Waals surface area contributed by atoms with E-state index in [0.717, 1.165) is 31.2 Å². The van der Waals surface area contributed by atoms with Crippen LogP contribution < -0.4 is 5.32 Å². The Bertz CT molecular complexity index is 389. The number of piperidine rings is 1. The molecular weight excluding hydrogens is 226 g/mol. The van der Waals surface area contributed by atoms with Crippen LogP contribution in [0.4, 0.5) is 0 Å². The highest BCUT2D eigenvalue weighted by Crippen LogP contribution is 2.36. The van der Waals surface area contributed by atoms with Crippen LogP contribution in [0.1, 0.15) is 69.5 Å². The minimum Gasteiger partial charge on any atom is -0.339 e. The summed E-state index contributed by atoms with van der Waals surface area (Å²) >= 11 is 0. The summed E-state index contributed by atoms with van der Waals surface area (Å²) in [5.41, 5.74) is 0.0854. The quantitative estimate of drug-likeness (QED) is 0.895. The molecule has 1 aromatic heterocycles. The molecule has 1 saturated heterocycles. The first-order valence-corrected chi connectivity index (χ1v) is 7.39. The lowest BCUT2D eigenvalue weighted by molar-refractivity contribution is 0.220. The molecule has 0 amide bonds. The second kappa shape index (κ2) is 5.00. The van der Waals surface area contributed by atoms with E-state index >= 15 is 0 Å². The zero-order valence-corrected chi connectivity index (χ0v) is 11.2. The van der Waals surface area contributed by atoms with Gasteiger partial charge in [-0.2, -0.15) is 4.98 Å². The number of nitrogens with zero attached hydrogens (tertiary/aromatic N) is 2. The van der Waals surface area contributed by atoms with Crippen molar-refractivity contribution < 1.29 is 4.52 Å². The van der Waals surface area contributed by atoms with E-state index in [9.17, 15) is 0 Å². The molecule has 0 bridgehead atoms. The van der Waals surface area contributed by atoms with Crippen molar-refractivity contribution in [1.82, 2.24) is 15.5 Å². The van der Waals surface area contributed by atoms with Crippen LogP contribution in [0.15, 0.2) is 4.52 Å². The average Bonchev–Trinajstić information content (AvgIpc) is 3.10. The molecule has 1 atom stereocenters. The third-order valence-electron chi connectivity index (χ3n) is 4.76. The molecule has 0 aromatic carbocycles. The molecule has 1 saturated carbocycles. The van der Waals surface area contributed by atoms with Gasteiger partial charge in [-0.1, -0.05) is 24.9 Å². The fourth-order valence-electron chi connectivity index (χ4n) is 3.40. The molecule has 18 heavy (non-hydrogen) atoms. The summed E-state index contributed by atoms with van der Waals surface area (Å²) in [5, 5.41) is 7.73. The van der Waals surface area contributed by atoms with Crippen LogP contribution in [0, 0.1) is 0 Å². The van der Waals surface area contributed by atoms with Crippen molar-refractivity contribution in [2.24, 2.45) is 0 Å². The minimum atomic E-state index is 0.0854. The summed E-state index contributed by atoms with van der Waals surface area (Å²) < 4.78 is 5.61. The Hall–Kier alpha value is -0.900. The third kappa shape index (κ3) is 2.07. The predicted molar refractivity (Wildman–Crippen MR) is 69.6 cm³/mol. The molecule has 2 aliphatic rings. The Morgan fingerprint density at radius 2 is 2.17 bits per heavy atom. The van der Waals surface area contributed by atoms with Crippen molar-refractivity contribution in [2.45, 2.75) is 63.2 Å². The smallest absolute Gasteiger partial charge is 0.234 e. The molecule has 0 radical (unpaired) electrons. The Morgan fingerprint density at radius 1 is 1.33 bits per heavy atom. The Morgan fingerprint density at radius 3 is 2.83 bits per heavy atom. The van der Waals surface area contributed by atoms with Crippen molar-refractivity contribution in [1.29, 1.82) is 0 Å². The zero-order chi connectivity index (χ0) is 12.4. The van der Waals surface area contributed by atoms with Crippen LogP contribution in [0.25, 0.3) is 0 Å². The summed E-state index contributed by atoms with van der Waals surface area (Å²) in [6, 6.07) is 0. The first-order valence-electron chi connectivity index (χ1n) is 7.39. The second-order valence-electron chi connectivity index (χ2n) is 5.85. The molecule has 1 unspecified atom stereocenters. The highest BCUT2D eigenvalue weighted by Gasteiger charge is 2.38. The van der Waals surface area contributed by atoms with Crippen LogP contribution in [0.5, 0.6) is 0 Å². The molecule has 4 nitrogen and oxygen atoms in total.